The Hall–Kier alpha value is -0.820. The van der Waals surface area contributed by atoms with Gasteiger partial charge >= 0.3 is 0 Å². The molecule has 0 aromatic heterocycles. The van der Waals surface area contributed by atoms with Gasteiger partial charge in [0.2, 0.25) is 0 Å². The standard InChI is InChI=1S/C11H14N/c12-8-9-3-1-6-11(7-9)10-4-2-5-10/h1,3,6-7H,2,4-5,8,12H2. The third-order valence-corrected chi connectivity index (χ3v) is 2.53. The zero-order valence-corrected chi connectivity index (χ0v) is 7.22. The summed E-state index contributed by atoms with van der Waals surface area (Å²) >= 11 is 0. The van der Waals surface area contributed by atoms with E-state index in [1.165, 1.54) is 30.4 Å². The van der Waals surface area contributed by atoms with Crippen LogP contribution >= 0.6 is 0 Å². The van der Waals surface area contributed by atoms with E-state index < -0.39 is 0 Å². The van der Waals surface area contributed by atoms with E-state index in [2.05, 4.69) is 24.3 Å². The van der Waals surface area contributed by atoms with Crippen molar-refractivity contribution >= 4 is 0 Å². The van der Waals surface area contributed by atoms with Crippen molar-refractivity contribution in [3.8, 4) is 0 Å². The fraction of sp³-hybridized carbons (Fsp3) is 0.364. The lowest BCUT2D eigenvalue weighted by Gasteiger charge is -2.25. The van der Waals surface area contributed by atoms with Gasteiger partial charge in [-0.05, 0) is 24.0 Å². The first kappa shape index (κ1) is 7.81. The molecule has 0 saturated heterocycles. The van der Waals surface area contributed by atoms with Crippen molar-refractivity contribution in [2.75, 3.05) is 0 Å². The maximum Gasteiger partial charge on any atom is 0.0178 e. The van der Waals surface area contributed by atoms with Gasteiger partial charge in [-0.2, -0.15) is 0 Å². The SMILES string of the molecule is NCc1cccc([C]2CCC2)c1. The van der Waals surface area contributed by atoms with Crippen molar-refractivity contribution in [3.05, 3.63) is 41.3 Å². The molecule has 1 saturated carbocycles. The molecule has 0 unspecified atom stereocenters. The van der Waals surface area contributed by atoms with Gasteiger partial charge in [0.05, 0.1) is 0 Å². The summed E-state index contributed by atoms with van der Waals surface area (Å²) in [7, 11) is 0. The quantitative estimate of drug-likeness (QED) is 0.705. The summed E-state index contributed by atoms with van der Waals surface area (Å²) in [6.07, 6.45) is 3.93. The zero-order chi connectivity index (χ0) is 8.39. The van der Waals surface area contributed by atoms with E-state index in [-0.39, 0.29) is 0 Å². The molecule has 2 N–H and O–H groups in total. The third-order valence-electron chi connectivity index (χ3n) is 2.53. The maximum atomic E-state index is 5.57. The summed E-state index contributed by atoms with van der Waals surface area (Å²) in [6, 6.07) is 8.59. The van der Waals surface area contributed by atoms with Crippen LogP contribution in [0.25, 0.3) is 0 Å². The van der Waals surface area contributed by atoms with Gasteiger partial charge in [-0.3, -0.25) is 0 Å². The van der Waals surface area contributed by atoms with Gasteiger partial charge in [-0.15, -0.1) is 0 Å². The van der Waals surface area contributed by atoms with Crippen LogP contribution in [0.2, 0.25) is 0 Å². The minimum Gasteiger partial charge on any atom is -0.326 e. The highest BCUT2D eigenvalue weighted by molar-refractivity contribution is 5.36. The molecule has 1 aliphatic carbocycles. The Morgan fingerprint density at radius 1 is 1.25 bits per heavy atom. The average molecular weight is 160 g/mol. The highest BCUT2D eigenvalue weighted by Crippen LogP contribution is 2.35. The minimum atomic E-state index is 0.654. The minimum absolute atomic E-state index is 0.654. The summed E-state index contributed by atoms with van der Waals surface area (Å²) in [5.41, 5.74) is 8.22. The fourth-order valence-electron chi connectivity index (χ4n) is 1.56. The van der Waals surface area contributed by atoms with E-state index in [0.29, 0.717) is 6.54 Å². The van der Waals surface area contributed by atoms with E-state index >= 15 is 0 Å². The Labute approximate surface area is 73.6 Å². The second-order valence-electron chi connectivity index (χ2n) is 3.36. The lowest BCUT2D eigenvalue weighted by atomic mass is 9.80. The Balaban J connectivity index is 2.19. The molecule has 0 heterocycles. The molecular formula is C11H14N. The predicted octanol–water partition coefficient (Wildman–Crippen LogP) is 2.25. The first-order valence-electron chi connectivity index (χ1n) is 4.54. The van der Waals surface area contributed by atoms with Crippen LogP contribution in [0.4, 0.5) is 0 Å². The second-order valence-corrected chi connectivity index (χ2v) is 3.36. The van der Waals surface area contributed by atoms with Crippen molar-refractivity contribution in [2.24, 2.45) is 5.73 Å². The first-order chi connectivity index (χ1) is 5.90. The predicted molar refractivity (Wildman–Crippen MR) is 50.5 cm³/mol. The Morgan fingerprint density at radius 3 is 2.67 bits per heavy atom. The molecular weight excluding hydrogens is 146 g/mol. The van der Waals surface area contributed by atoms with Crippen LogP contribution in [0.1, 0.15) is 30.4 Å². The maximum absolute atomic E-state index is 5.57. The topological polar surface area (TPSA) is 26.0 Å². The number of nitrogens with two attached hydrogens (primary N) is 1. The van der Waals surface area contributed by atoms with Gasteiger partial charge in [0.1, 0.15) is 0 Å². The van der Waals surface area contributed by atoms with Gasteiger partial charge in [-0.25, -0.2) is 0 Å². The van der Waals surface area contributed by atoms with Crippen LogP contribution in [0.15, 0.2) is 24.3 Å². The van der Waals surface area contributed by atoms with Crippen LogP contribution in [-0.2, 0) is 6.54 Å². The smallest absolute Gasteiger partial charge is 0.0178 e. The fourth-order valence-corrected chi connectivity index (χ4v) is 1.56. The van der Waals surface area contributed by atoms with Crippen LogP contribution in [0.3, 0.4) is 0 Å². The van der Waals surface area contributed by atoms with Crippen molar-refractivity contribution in [3.63, 3.8) is 0 Å². The Kier molecular flexibility index (Phi) is 2.13. The number of rotatable bonds is 2. The molecule has 1 radical (unpaired) electrons. The molecule has 0 bridgehead atoms. The third kappa shape index (κ3) is 1.37. The average Bonchev–Trinajstić information content (AvgIpc) is 2.02. The van der Waals surface area contributed by atoms with E-state index in [1.54, 1.807) is 5.92 Å². The van der Waals surface area contributed by atoms with Gasteiger partial charge < -0.3 is 5.73 Å². The van der Waals surface area contributed by atoms with Crippen LogP contribution in [-0.4, -0.2) is 0 Å². The summed E-state index contributed by atoms with van der Waals surface area (Å²) in [4.78, 5) is 0. The van der Waals surface area contributed by atoms with Gasteiger partial charge in [0.25, 0.3) is 0 Å². The summed E-state index contributed by atoms with van der Waals surface area (Å²) in [5.74, 6) is 1.60. The molecule has 63 valence electrons. The molecule has 2 rings (SSSR count). The molecule has 12 heavy (non-hydrogen) atoms. The lowest BCUT2D eigenvalue weighted by molar-refractivity contribution is 0.577. The summed E-state index contributed by atoms with van der Waals surface area (Å²) in [5, 5.41) is 0. The van der Waals surface area contributed by atoms with Crippen LogP contribution in [0, 0.1) is 5.92 Å². The summed E-state index contributed by atoms with van der Waals surface area (Å²) in [6.45, 7) is 0.654. The van der Waals surface area contributed by atoms with Crippen molar-refractivity contribution in [2.45, 2.75) is 25.8 Å². The highest BCUT2D eigenvalue weighted by atomic mass is 14.5. The van der Waals surface area contributed by atoms with E-state index in [0.717, 1.165) is 0 Å². The monoisotopic (exact) mass is 160 g/mol. The van der Waals surface area contributed by atoms with Crippen molar-refractivity contribution in [1.82, 2.24) is 0 Å². The second kappa shape index (κ2) is 3.28. The first-order valence-corrected chi connectivity index (χ1v) is 4.54. The summed E-state index contributed by atoms with van der Waals surface area (Å²) < 4.78 is 0. The molecule has 1 aromatic carbocycles. The van der Waals surface area contributed by atoms with E-state index in [9.17, 15) is 0 Å². The van der Waals surface area contributed by atoms with Gasteiger partial charge in [-0.1, -0.05) is 30.7 Å². The normalized spacial score (nSPS) is 17.4. The lowest BCUT2D eigenvalue weighted by Crippen LogP contribution is -2.10. The van der Waals surface area contributed by atoms with Gasteiger partial charge in [0, 0.05) is 12.5 Å². The number of hydrogen-bond donors (Lipinski definition) is 1. The van der Waals surface area contributed by atoms with Crippen LogP contribution < -0.4 is 5.73 Å². The van der Waals surface area contributed by atoms with E-state index in [1.807, 2.05) is 0 Å². The number of hydrogen-bond acceptors (Lipinski definition) is 1. The zero-order valence-electron chi connectivity index (χ0n) is 7.22. The number of benzene rings is 1. The van der Waals surface area contributed by atoms with Gasteiger partial charge in [0.15, 0.2) is 0 Å². The molecule has 1 aliphatic rings. The molecule has 0 aliphatic heterocycles. The molecule has 0 atom stereocenters. The molecule has 1 fully saturated rings. The highest BCUT2D eigenvalue weighted by Gasteiger charge is 2.19. The van der Waals surface area contributed by atoms with E-state index in [4.69, 9.17) is 5.73 Å². The van der Waals surface area contributed by atoms with Crippen molar-refractivity contribution in [1.29, 1.82) is 0 Å². The largest absolute Gasteiger partial charge is 0.326 e. The Bertz CT molecular complexity index is 263. The molecule has 1 heteroatoms. The van der Waals surface area contributed by atoms with Crippen molar-refractivity contribution < 1.29 is 0 Å². The molecule has 0 amide bonds. The Morgan fingerprint density at radius 2 is 2.08 bits per heavy atom. The molecule has 0 spiro atoms. The molecule has 1 aromatic rings. The van der Waals surface area contributed by atoms with Crippen LogP contribution in [0.5, 0.6) is 0 Å². The molecule has 1 nitrogen and oxygen atoms in total.